The minimum Gasteiger partial charge on any atom is -0.398 e. The highest BCUT2D eigenvalue weighted by Gasteiger charge is 2.25. The highest BCUT2D eigenvalue weighted by atomic mass is 16.2. The minimum atomic E-state index is -0.194. The van der Waals surface area contributed by atoms with Crippen molar-refractivity contribution in [3.63, 3.8) is 0 Å². The van der Waals surface area contributed by atoms with E-state index in [1.54, 1.807) is 6.07 Å². The van der Waals surface area contributed by atoms with Gasteiger partial charge >= 0.3 is 0 Å². The van der Waals surface area contributed by atoms with Gasteiger partial charge in [-0.1, -0.05) is 13.3 Å². The van der Waals surface area contributed by atoms with Crippen molar-refractivity contribution in [2.45, 2.75) is 51.6 Å². The molecule has 0 bridgehead atoms. The number of nitrogens with two attached hydrogens (primary N) is 1. The number of aromatic nitrogens is 1. The van der Waals surface area contributed by atoms with Crippen LogP contribution in [0.1, 0.15) is 39.0 Å². The number of carbonyl (C=O) groups excluding carboxylic acids is 1. The van der Waals surface area contributed by atoms with Crippen LogP contribution in [0.15, 0.2) is 23.1 Å². The summed E-state index contributed by atoms with van der Waals surface area (Å²) in [6.07, 6.45) is 7.26. The summed E-state index contributed by atoms with van der Waals surface area (Å²) in [6.45, 7) is 2.29. The molecule has 0 aromatic carbocycles. The van der Waals surface area contributed by atoms with Gasteiger partial charge in [0.15, 0.2) is 0 Å². The van der Waals surface area contributed by atoms with Crippen molar-refractivity contribution in [2.75, 3.05) is 12.8 Å². The van der Waals surface area contributed by atoms with Gasteiger partial charge < -0.3 is 15.2 Å². The van der Waals surface area contributed by atoms with E-state index in [2.05, 4.69) is 6.92 Å². The Balaban J connectivity index is 1.97. The molecule has 1 aromatic rings. The van der Waals surface area contributed by atoms with Crippen molar-refractivity contribution in [2.24, 2.45) is 5.92 Å². The van der Waals surface area contributed by atoms with E-state index in [0.717, 1.165) is 18.8 Å². The van der Waals surface area contributed by atoms with Crippen LogP contribution in [-0.2, 0) is 11.3 Å². The Hall–Kier alpha value is -1.78. The van der Waals surface area contributed by atoms with Gasteiger partial charge in [0, 0.05) is 31.0 Å². The standard InChI is InChI=1S/C16H25N3O2/c1-3-12-4-7-14(8-5-12)18(2)16(21)11-19-10-13(17)6-9-15(19)20/h6,9-10,12,14H,3-5,7-8,11,17H2,1-2H3. The summed E-state index contributed by atoms with van der Waals surface area (Å²) in [5.41, 5.74) is 5.97. The molecule has 1 fully saturated rings. The number of carbonyl (C=O) groups is 1. The van der Waals surface area contributed by atoms with Crippen LogP contribution in [0.2, 0.25) is 0 Å². The van der Waals surface area contributed by atoms with Gasteiger partial charge in [-0.3, -0.25) is 9.59 Å². The molecule has 5 heteroatoms. The van der Waals surface area contributed by atoms with E-state index in [-0.39, 0.29) is 18.0 Å². The van der Waals surface area contributed by atoms with Crippen molar-refractivity contribution < 1.29 is 4.79 Å². The van der Waals surface area contributed by atoms with E-state index in [1.807, 2.05) is 11.9 Å². The lowest BCUT2D eigenvalue weighted by Gasteiger charge is -2.34. The Labute approximate surface area is 125 Å². The third-order valence-corrected chi connectivity index (χ3v) is 4.65. The maximum Gasteiger partial charge on any atom is 0.251 e. The Morgan fingerprint density at radius 1 is 1.33 bits per heavy atom. The second kappa shape index (κ2) is 6.78. The molecule has 0 radical (unpaired) electrons. The first-order valence-corrected chi connectivity index (χ1v) is 7.73. The molecule has 2 N–H and O–H groups in total. The van der Waals surface area contributed by atoms with E-state index >= 15 is 0 Å². The van der Waals surface area contributed by atoms with E-state index in [9.17, 15) is 9.59 Å². The molecular weight excluding hydrogens is 266 g/mol. The van der Waals surface area contributed by atoms with Crippen LogP contribution in [0, 0.1) is 5.92 Å². The number of likely N-dealkylation sites (N-methyl/N-ethyl adjacent to an activating group) is 1. The molecule has 1 saturated carbocycles. The van der Waals surface area contributed by atoms with Crippen LogP contribution in [0.5, 0.6) is 0 Å². The Bertz CT molecular complexity index is 545. The van der Waals surface area contributed by atoms with E-state index in [4.69, 9.17) is 5.73 Å². The van der Waals surface area contributed by atoms with Crippen LogP contribution in [0.4, 0.5) is 5.69 Å². The lowest BCUT2D eigenvalue weighted by Crippen LogP contribution is -2.42. The van der Waals surface area contributed by atoms with Gasteiger partial charge in [0.05, 0.1) is 0 Å². The van der Waals surface area contributed by atoms with Crippen LogP contribution < -0.4 is 11.3 Å². The van der Waals surface area contributed by atoms with Crippen LogP contribution in [-0.4, -0.2) is 28.5 Å². The number of rotatable bonds is 4. The first-order valence-electron chi connectivity index (χ1n) is 7.73. The molecule has 1 amide bonds. The predicted octanol–water partition coefficient (Wildman–Crippen LogP) is 1.86. The third-order valence-electron chi connectivity index (χ3n) is 4.65. The van der Waals surface area contributed by atoms with Crippen LogP contribution in [0.3, 0.4) is 0 Å². The summed E-state index contributed by atoms with van der Waals surface area (Å²) in [6, 6.07) is 3.26. The molecule has 1 aliphatic carbocycles. The molecule has 0 atom stereocenters. The SMILES string of the molecule is CCC1CCC(N(C)C(=O)Cn2cc(N)ccc2=O)CC1. The number of amides is 1. The second-order valence-electron chi connectivity index (χ2n) is 6.02. The molecule has 0 aliphatic heterocycles. The summed E-state index contributed by atoms with van der Waals surface area (Å²) in [7, 11) is 1.84. The fourth-order valence-corrected chi connectivity index (χ4v) is 3.07. The summed E-state index contributed by atoms with van der Waals surface area (Å²) in [5.74, 6) is 0.781. The van der Waals surface area contributed by atoms with Crippen LogP contribution in [0.25, 0.3) is 0 Å². The van der Waals surface area contributed by atoms with Gasteiger partial charge in [-0.2, -0.15) is 0 Å². The number of nitrogens with zero attached hydrogens (tertiary/aromatic N) is 2. The van der Waals surface area contributed by atoms with Gasteiger partial charge in [-0.25, -0.2) is 0 Å². The summed E-state index contributed by atoms with van der Waals surface area (Å²) in [4.78, 5) is 25.9. The second-order valence-corrected chi connectivity index (χ2v) is 6.02. The van der Waals surface area contributed by atoms with Crippen molar-refractivity contribution in [3.05, 3.63) is 28.7 Å². The van der Waals surface area contributed by atoms with Crippen molar-refractivity contribution in [1.82, 2.24) is 9.47 Å². The monoisotopic (exact) mass is 291 g/mol. The van der Waals surface area contributed by atoms with Gasteiger partial charge in [0.2, 0.25) is 5.91 Å². The molecule has 1 heterocycles. The number of pyridine rings is 1. The maximum absolute atomic E-state index is 12.4. The minimum absolute atomic E-state index is 0.0253. The number of anilines is 1. The average molecular weight is 291 g/mol. The Morgan fingerprint density at radius 3 is 2.62 bits per heavy atom. The largest absolute Gasteiger partial charge is 0.398 e. The predicted molar refractivity (Wildman–Crippen MR) is 83.9 cm³/mol. The van der Waals surface area contributed by atoms with Gasteiger partial charge in [0.25, 0.3) is 5.56 Å². The van der Waals surface area contributed by atoms with Crippen LogP contribution >= 0.6 is 0 Å². The molecule has 5 nitrogen and oxygen atoms in total. The molecule has 2 rings (SSSR count). The number of nitrogen functional groups attached to an aromatic ring is 1. The number of hydrogen-bond acceptors (Lipinski definition) is 3. The fraction of sp³-hybridized carbons (Fsp3) is 0.625. The first kappa shape index (κ1) is 15.6. The zero-order valence-electron chi connectivity index (χ0n) is 12.9. The molecular formula is C16H25N3O2. The smallest absolute Gasteiger partial charge is 0.251 e. The van der Waals surface area contributed by atoms with E-state index < -0.39 is 0 Å². The highest BCUT2D eigenvalue weighted by molar-refractivity contribution is 5.76. The lowest BCUT2D eigenvalue weighted by atomic mass is 9.84. The molecule has 0 unspecified atom stereocenters. The quantitative estimate of drug-likeness (QED) is 0.920. The molecule has 116 valence electrons. The molecule has 21 heavy (non-hydrogen) atoms. The molecule has 0 saturated heterocycles. The van der Waals surface area contributed by atoms with Gasteiger partial charge in [0.1, 0.15) is 6.54 Å². The summed E-state index contributed by atoms with van der Waals surface area (Å²) >= 11 is 0. The van der Waals surface area contributed by atoms with Gasteiger partial charge in [-0.05, 0) is 37.7 Å². The third kappa shape index (κ3) is 3.86. The average Bonchev–Trinajstić information content (AvgIpc) is 2.50. The molecule has 0 spiro atoms. The topological polar surface area (TPSA) is 68.3 Å². The molecule has 1 aromatic heterocycles. The number of hydrogen-bond donors (Lipinski definition) is 1. The summed E-state index contributed by atoms with van der Waals surface area (Å²) in [5, 5.41) is 0. The Kier molecular flexibility index (Phi) is 5.04. The summed E-state index contributed by atoms with van der Waals surface area (Å²) < 4.78 is 1.38. The molecule has 1 aliphatic rings. The first-order chi connectivity index (χ1) is 10.0. The van der Waals surface area contributed by atoms with Crippen molar-refractivity contribution in [3.8, 4) is 0 Å². The van der Waals surface area contributed by atoms with Gasteiger partial charge in [-0.15, -0.1) is 0 Å². The zero-order chi connectivity index (χ0) is 15.4. The normalized spacial score (nSPS) is 22.0. The Morgan fingerprint density at radius 2 is 2.00 bits per heavy atom. The zero-order valence-corrected chi connectivity index (χ0v) is 12.9. The lowest BCUT2D eigenvalue weighted by molar-refractivity contribution is -0.133. The maximum atomic E-state index is 12.4. The van der Waals surface area contributed by atoms with Crippen molar-refractivity contribution in [1.29, 1.82) is 0 Å². The fourth-order valence-electron chi connectivity index (χ4n) is 3.07. The van der Waals surface area contributed by atoms with E-state index in [0.29, 0.717) is 11.7 Å². The van der Waals surface area contributed by atoms with E-state index in [1.165, 1.54) is 36.1 Å². The van der Waals surface area contributed by atoms with Crippen molar-refractivity contribution >= 4 is 11.6 Å². The highest BCUT2D eigenvalue weighted by Crippen LogP contribution is 2.28.